The van der Waals surface area contributed by atoms with Gasteiger partial charge in [-0.15, -0.1) is 13.2 Å². The van der Waals surface area contributed by atoms with Gasteiger partial charge >= 0.3 is 6.36 Å². The van der Waals surface area contributed by atoms with Gasteiger partial charge in [-0.2, -0.15) is 4.31 Å². The van der Waals surface area contributed by atoms with Crippen molar-refractivity contribution < 1.29 is 49.3 Å². The van der Waals surface area contributed by atoms with E-state index in [1.54, 1.807) is 6.07 Å². The van der Waals surface area contributed by atoms with Crippen LogP contribution in [-0.2, 0) is 24.8 Å². The Balaban J connectivity index is 1.26. The smallest absolute Gasteiger partial charge is 0.491 e. The van der Waals surface area contributed by atoms with E-state index in [0.29, 0.717) is 25.9 Å². The molecule has 1 unspecified atom stereocenters. The van der Waals surface area contributed by atoms with Crippen molar-refractivity contribution in [2.45, 2.75) is 53.2 Å². The van der Waals surface area contributed by atoms with Crippen LogP contribution in [0.15, 0.2) is 58.3 Å². The quantitative estimate of drug-likeness (QED) is 0.342. The van der Waals surface area contributed by atoms with Crippen molar-refractivity contribution in [3.63, 3.8) is 0 Å². The topological polar surface area (TPSA) is 144 Å². The van der Waals surface area contributed by atoms with E-state index in [4.69, 9.17) is 9.47 Å². The second kappa shape index (κ2) is 12.4. The number of aliphatic hydroxyl groups excluding tert-OH is 1. The summed E-state index contributed by atoms with van der Waals surface area (Å²) in [6.45, 7) is 0.561. The zero-order valence-electron chi connectivity index (χ0n) is 22.1. The Hall–Kier alpha value is -2.47. The highest BCUT2D eigenvalue weighted by Gasteiger charge is 2.45. The van der Waals surface area contributed by atoms with Crippen LogP contribution in [0.4, 0.5) is 13.2 Å². The first-order chi connectivity index (χ1) is 19.2. The van der Waals surface area contributed by atoms with E-state index < -0.39 is 48.8 Å². The van der Waals surface area contributed by atoms with Crippen molar-refractivity contribution in [1.82, 2.24) is 14.3 Å². The molecular weight excluding hydrogens is 591 g/mol. The Morgan fingerprint density at radius 3 is 2.51 bits per heavy atom. The summed E-state index contributed by atoms with van der Waals surface area (Å²) in [7, 11) is -6.56. The molecule has 16 heteroatoms. The van der Waals surface area contributed by atoms with Gasteiger partial charge in [-0.3, -0.25) is 0 Å². The predicted octanol–water partition coefficient (Wildman–Crippen LogP) is 1.83. The number of piperidine rings is 1. The van der Waals surface area contributed by atoms with Crippen LogP contribution in [-0.4, -0.2) is 90.3 Å². The van der Waals surface area contributed by atoms with Crippen LogP contribution in [0, 0.1) is 0 Å². The molecule has 2 aromatic carbocycles. The highest BCUT2D eigenvalue weighted by atomic mass is 32.2. The molecule has 1 spiro atoms. The Morgan fingerprint density at radius 1 is 1.12 bits per heavy atom. The van der Waals surface area contributed by atoms with Gasteiger partial charge < -0.3 is 24.6 Å². The number of benzene rings is 2. The molecule has 4 rings (SSSR count). The van der Waals surface area contributed by atoms with Gasteiger partial charge in [-0.25, -0.2) is 21.6 Å². The van der Waals surface area contributed by atoms with Gasteiger partial charge in [0.2, 0.25) is 20.0 Å². The summed E-state index contributed by atoms with van der Waals surface area (Å²) < 4.78 is 107. The highest BCUT2D eigenvalue weighted by Crippen LogP contribution is 2.39. The molecule has 0 saturated carbocycles. The third-order valence-electron chi connectivity index (χ3n) is 7.00. The lowest BCUT2D eigenvalue weighted by atomic mass is 9.88. The number of hydrogen-bond donors (Lipinski definition) is 3. The normalized spacial score (nSPS) is 20.7. The van der Waals surface area contributed by atoms with E-state index >= 15 is 0 Å². The number of nitrogens with one attached hydrogen (secondary N) is 2. The molecular formula is C25H32F3N3O8S2. The van der Waals surface area contributed by atoms with E-state index in [2.05, 4.69) is 14.8 Å². The van der Waals surface area contributed by atoms with Crippen molar-refractivity contribution in [1.29, 1.82) is 0 Å². The molecule has 2 fully saturated rings. The minimum atomic E-state index is -5.03. The molecule has 0 amide bonds. The SMILES string of the molecule is CNS(=O)(=O)c1cccc(OC[C@@H](O)CNC2COC3(CCN(S(=O)(=O)c4ccccc4OC(F)(F)F)CC3)C2)c1. The number of nitrogens with zero attached hydrogens (tertiary/aromatic N) is 1. The number of alkyl halides is 3. The molecule has 2 atom stereocenters. The molecule has 228 valence electrons. The van der Waals surface area contributed by atoms with Crippen LogP contribution in [0.25, 0.3) is 0 Å². The maximum absolute atomic E-state index is 13.1. The second-order valence-electron chi connectivity index (χ2n) is 9.85. The van der Waals surface area contributed by atoms with Gasteiger partial charge in [0.15, 0.2) is 0 Å². The van der Waals surface area contributed by atoms with Gasteiger partial charge in [0.1, 0.15) is 29.1 Å². The third-order valence-corrected chi connectivity index (χ3v) is 10.4. The van der Waals surface area contributed by atoms with Crippen molar-refractivity contribution in [3.8, 4) is 11.5 Å². The molecule has 0 bridgehead atoms. The van der Waals surface area contributed by atoms with E-state index in [0.717, 1.165) is 16.4 Å². The maximum atomic E-state index is 13.1. The second-order valence-corrected chi connectivity index (χ2v) is 13.6. The number of ether oxygens (including phenoxy) is 3. The van der Waals surface area contributed by atoms with Crippen molar-refractivity contribution in [2.75, 3.05) is 39.9 Å². The molecule has 2 saturated heterocycles. The first-order valence-electron chi connectivity index (χ1n) is 12.8. The summed E-state index contributed by atoms with van der Waals surface area (Å²) in [5.41, 5.74) is -0.591. The lowest BCUT2D eigenvalue weighted by Gasteiger charge is -2.38. The van der Waals surface area contributed by atoms with Crippen LogP contribution in [0.2, 0.25) is 0 Å². The monoisotopic (exact) mass is 623 g/mol. The zero-order valence-corrected chi connectivity index (χ0v) is 23.8. The summed E-state index contributed by atoms with van der Waals surface area (Å²) >= 11 is 0. The largest absolute Gasteiger partial charge is 0.573 e. The Kier molecular flexibility index (Phi) is 9.52. The average Bonchev–Trinajstić information content (AvgIpc) is 3.32. The molecule has 0 aromatic heterocycles. The Bertz CT molecular complexity index is 1420. The fraction of sp³-hybridized carbons (Fsp3) is 0.520. The van der Waals surface area contributed by atoms with Crippen molar-refractivity contribution in [2.24, 2.45) is 0 Å². The minimum Gasteiger partial charge on any atom is -0.491 e. The predicted molar refractivity (Wildman–Crippen MR) is 140 cm³/mol. The van der Waals surface area contributed by atoms with Crippen LogP contribution in [0.3, 0.4) is 0 Å². The maximum Gasteiger partial charge on any atom is 0.573 e. The third kappa shape index (κ3) is 7.88. The lowest BCUT2D eigenvalue weighted by molar-refractivity contribution is -0.275. The van der Waals surface area contributed by atoms with E-state index in [-0.39, 0.29) is 42.9 Å². The summed E-state index contributed by atoms with van der Waals surface area (Å²) in [6, 6.07) is 10.4. The summed E-state index contributed by atoms with van der Waals surface area (Å²) in [5.74, 6) is -0.488. The fourth-order valence-corrected chi connectivity index (χ4v) is 7.19. The number of hydrogen-bond acceptors (Lipinski definition) is 9. The molecule has 2 aliphatic heterocycles. The first kappa shape index (κ1) is 31.5. The molecule has 0 radical (unpaired) electrons. The van der Waals surface area contributed by atoms with Crippen LogP contribution in [0.1, 0.15) is 19.3 Å². The van der Waals surface area contributed by atoms with Gasteiger partial charge in [0.25, 0.3) is 0 Å². The summed E-state index contributed by atoms with van der Waals surface area (Å²) in [4.78, 5) is -0.511. The van der Waals surface area contributed by atoms with Crippen LogP contribution < -0.4 is 19.5 Å². The molecule has 3 N–H and O–H groups in total. The van der Waals surface area contributed by atoms with Gasteiger partial charge in [0, 0.05) is 31.7 Å². The van der Waals surface area contributed by atoms with Crippen LogP contribution in [0.5, 0.6) is 11.5 Å². The molecule has 41 heavy (non-hydrogen) atoms. The number of para-hydroxylation sites is 1. The Labute approximate surface area is 236 Å². The molecule has 11 nitrogen and oxygen atoms in total. The van der Waals surface area contributed by atoms with Crippen molar-refractivity contribution in [3.05, 3.63) is 48.5 Å². The van der Waals surface area contributed by atoms with Gasteiger partial charge in [0.05, 0.1) is 17.1 Å². The summed E-state index contributed by atoms with van der Waals surface area (Å²) in [5, 5.41) is 13.6. The highest BCUT2D eigenvalue weighted by molar-refractivity contribution is 7.89. The number of sulfonamides is 2. The summed E-state index contributed by atoms with van der Waals surface area (Å²) in [6.07, 6.45) is -4.67. The number of halogens is 3. The average molecular weight is 624 g/mol. The molecule has 2 aromatic rings. The number of aliphatic hydroxyl groups is 1. The van der Waals surface area contributed by atoms with Gasteiger partial charge in [-0.05, 0) is 50.6 Å². The van der Waals surface area contributed by atoms with E-state index in [1.807, 2.05) is 0 Å². The number of rotatable bonds is 11. The zero-order chi connectivity index (χ0) is 29.9. The molecule has 0 aliphatic carbocycles. The lowest BCUT2D eigenvalue weighted by Crippen LogP contribution is -2.47. The van der Waals surface area contributed by atoms with Crippen molar-refractivity contribution >= 4 is 20.0 Å². The minimum absolute atomic E-state index is 0.0382. The molecule has 2 aliphatic rings. The van der Waals surface area contributed by atoms with E-state index in [9.17, 15) is 35.1 Å². The fourth-order valence-electron chi connectivity index (χ4n) is 4.87. The Morgan fingerprint density at radius 2 is 1.83 bits per heavy atom. The first-order valence-corrected chi connectivity index (χ1v) is 15.7. The van der Waals surface area contributed by atoms with E-state index in [1.165, 1.54) is 37.4 Å². The van der Waals surface area contributed by atoms with Gasteiger partial charge in [-0.1, -0.05) is 18.2 Å². The molecule has 2 heterocycles. The standard InChI is InChI=1S/C25H32F3N3O8S2/c1-29-40(33,34)21-6-4-5-20(13-21)37-17-19(32)15-30-18-14-24(38-16-18)9-11-31(12-10-24)41(35,36)23-8-3-2-7-22(23)39-25(26,27)28/h2-8,13,18-19,29-30,32H,9-12,14-17H2,1H3/t18?,19-/m0/s1. The van der Waals surface area contributed by atoms with Crippen LogP contribution >= 0.6 is 0 Å².